The van der Waals surface area contributed by atoms with Crippen molar-refractivity contribution in [2.24, 2.45) is 0 Å². The number of carboxylic acid groups (broad SMARTS) is 1. The first-order valence-electron chi connectivity index (χ1n) is 5.92. The van der Waals surface area contributed by atoms with E-state index in [1.165, 1.54) is 37.3 Å². The van der Waals surface area contributed by atoms with Crippen LogP contribution in [-0.2, 0) is 10.0 Å². The number of sulfonamides is 1. The maximum absolute atomic E-state index is 13.2. The predicted octanol–water partition coefficient (Wildman–Crippen LogP) is 2.63. The minimum atomic E-state index is -3.90. The van der Waals surface area contributed by atoms with E-state index in [9.17, 15) is 17.6 Å². The molecule has 0 aliphatic rings. The van der Waals surface area contributed by atoms with Crippen molar-refractivity contribution in [3.63, 3.8) is 0 Å². The van der Waals surface area contributed by atoms with E-state index in [0.29, 0.717) is 0 Å². The van der Waals surface area contributed by atoms with Gasteiger partial charge in [-0.3, -0.25) is 4.72 Å². The quantitative estimate of drug-likeness (QED) is 0.909. The van der Waals surface area contributed by atoms with Crippen molar-refractivity contribution in [1.29, 1.82) is 0 Å². The molecule has 0 fully saturated rings. The summed E-state index contributed by atoms with van der Waals surface area (Å²) >= 11 is 0. The molecule has 2 rings (SSSR count). The van der Waals surface area contributed by atoms with Crippen molar-refractivity contribution in [3.8, 4) is 0 Å². The van der Waals surface area contributed by atoms with Crippen LogP contribution in [0.25, 0.3) is 0 Å². The summed E-state index contributed by atoms with van der Waals surface area (Å²) in [6, 6.07) is 8.83. The molecule has 0 heterocycles. The maximum Gasteiger partial charge on any atom is 0.335 e. The summed E-state index contributed by atoms with van der Waals surface area (Å²) in [5.74, 6) is -1.66. The average molecular weight is 309 g/mol. The number of rotatable bonds is 4. The van der Waals surface area contributed by atoms with Gasteiger partial charge in [-0.05, 0) is 48.9 Å². The molecule has 0 atom stereocenters. The van der Waals surface area contributed by atoms with E-state index in [0.717, 1.165) is 12.1 Å². The Bertz CT molecular complexity index is 802. The van der Waals surface area contributed by atoms with E-state index in [1.807, 2.05) is 0 Å². The first-order chi connectivity index (χ1) is 9.79. The number of aromatic carboxylic acids is 1. The molecule has 0 radical (unpaired) electrons. The fourth-order valence-corrected chi connectivity index (χ4v) is 2.85. The fourth-order valence-electron chi connectivity index (χ4n) is 1.71. The van der Waals surface area contributed by atoms with Crippen LogP contribution in [0.15, 0.2) is 47.4 Å². The highest BCUT2D eigenvalue weighted by Gasteiger charge is 2.16. The molecule has 5 nitrogen and oxygen atoms in total. The zero-order valence-electron chi connectivity index (χ0n) is 11.0. The molecule has 0 unspecified atom stereocenters. The van der Waals surface area contributed by atoms with Crippen LogP contribution in [0, 0.1) is 12.7 Å². The Morgan fingerprint density at radius 2 is 1.90 bits per heavy atom. The molecule has 0 aliphatic carbocycles. The lowest BCUT2D eigenvalue weighted by molar-refractivity contribution is 0.0697. The number of halogens is 1. The standard InChI is InChI=1S/C14H12FNO4S/c1-9-7-12(5-6-13(9)15)21(19,20)16-11-4-2-3-10(8-11)14(17)18/h2-8,16H,1H3,(H,17,18). The zero-order chi connectivity index (χ0) is 15.6. The van der Waals surface area contributed by atoms with Crippen LogP contribution in [0.5, 0.6) is 0 Å². The predicted molar refractivity (Wildman–Crippen MR) is 75.3 cm³/mol. The Labute approximate surface area is 121 Å². The number of carboxylic acids is 1. The van der Waals surface area contributed by atoms with Gasteiger partial charge in [0, 0.05) is 5.69 Å². The Morgan fingerprint density at radius 3 is 2.52 bits per heavy atom. The van der Waals surface area contributed by atoms with Crippen LogP contribution >= 0.6 is 0 Å². The van der Waals surface area contributed by atoms with Gasteiger partial charge in [0.1, 0.15) is 5.82 Å². The van der Waals surface area contributed by atoms with Gasteiger partial charge < -0.3 is 5.11 Å². The molecule has 2 aromatic rings. The molecule has 0 aliphatic heterocycles. The van der Waals surface area contributed by atoms with Gasteiger partial charge in [-0.1, -0.05) is 6.07 Å². The number of nitrogens with one attached hydrogen (secondary N) is 1. The second kappa shape index (κ2) is 5.53. The van der Waals surface area contributed by atoms with Crippen molar-refractivity contribution in [1.82, 2.24) is 0 Å². The van der Waals surface area contributed by atoms with E-state index in [2.05, 4.69) is 4.72 Å². The number of hydrogen-bond acceptors (Lipinski definition) is 3. The van der Waals surface area contributed by atoms with Crippen molar-refractivity contribution in [2.45, 2.75) is 11.8 Å². The molecular weight excluding hydrogens is 297 g/mol. The first kappa shape index (κ1) is 15.0. The third-order valence-corrected chi connectivity index (χ3v) is 4.18. The van der Waals surface area contributed by atoms with Gasteiger partial charge >= 0.3 is 5.97 Å². The van der Waals surface area contributed by atoms with Crippen molar-refractivity contribution < 1.29 is 22.7 Å². The lowest BCUT2D eigenvalue weighted by Gasteiger charge is -2.09. The van der Waals surface area contributed by atoms with E-state index in [4.69, 9.17) is 5.11 Å². The molecule has 0 spiro atoms. The number of aryl methyl sites for hydroxylation is 1. The monoisotopic (exact) mass is 309 g/mol. The maximum atomic E-state index is 13.2. The second-order valence-electron chi connectivity index (χ2n) is 4.40. The van der Waals surface area contributed by atoms with Crippen LogP contribution in [0.3, 0.4) is 0 Å². The average Bonchev–Trinajstić information content (AvgIpc) is 2.41. The lowest BCUT2D eigenvalue weighted by atomic mass is 10.2. The SMILES string of the molecule is Cc1cc(S(=O)(=O)Nc2cccc(C(=O)O)c2)ccc1F. The van der Waals surface area contributed by atoms with Crippen LogP contribution in [-0.4, -0.2) is 19.5 Å². The molecule has 0 bridgehead atoms. The molecule has 2 aromatic carbocycles. The fraction of sp³-hybridized carbons (Fsp3) is 0.0714. The van der Waals surface area contributed by atoms with E-state index in [1.54, 1.807) is 0 Å². The Kier molecular flexibility index (Phi) is 3.95. The van der Waals surface area contributed by atoms with Gasteiger partial charge in [-0.2, -0.15) is 0 Å². The molecule has 0 aromatic heterocycles. The number of carbonyl (C=O) groups is 1. The largest absolute Gasteiger partial charge is 0.478 e. The summed E-state index contributed by atoms with van der Waals surface area (Å²) in [6.07, 6.45) is 0. The third-order valence-electron chi connectivity index (χ3n) is 2.80. The highest BCUT2D eigenvalue weighted by Crippen LogP contribution is 2.19. The van der Waals surface area contributed by atoms with Crippen molar-refractivity contribution in [2.75, 3.05) is 4.72 Å². The summed E-state index contributed by atoms with van der Waals surface area (Å²) in [4.78, 5) is 10.8. The molecule has 7 heteroatoms. The molecule has 0 saturated heterocycles. The van der Waals surface area contributed by atoms with Crippen LogP contribution in [0.4, 0.5) is 10.1 Å². The number of benzene rings is 2. The summed E-state index contributed by atoms with van der Waals surface area (Å²) in [5, 5.41) is 8.87. The Morgan fingerprint density at radius 1 is 1.19 bits per heavy atom. The van der Waals surface area contributed by atoms with Gasteiger partial charge in [-0.25, -0.2) is 17.6 Å². The summed E-state index contributed by atoms with van der Waals surface area (Å²) in [7, 11) is -3.90. The van der Waals surface area contributed by atoms with Gasteiger partial charge in [0.05, 0.1) is 10.5 Å². The zero-order valence-corrected chi connectivity index (χ0v) is 11.8. The molecule has 0 saturated carbocycles. The van der Waals surface area contributed by atoms with Gasteiger partial charge in [0.15, 0.2) is 0 Å². The van der Waals surface area contributed by atoms with Crippen LogP contribution in [0.1, 0.15) is 15.9 Å². The van der Waals surface area contributed by atoms with E-state index in [-0.39, 0.29) is 21.7 Å². The van der Waals surface area contributed by atoms with Crippen LogP contribution < -0.4 is 4.72 Å². The molecule has 0 amide bonds. The molecular formula is C14H12FNO4S. The molecule has 110 valence electrons. The molecule has 21 heavy (non-hydrogen) atoms. The van der Waals surface area contributed by atoms with Crippen LogP contribution in [0.2, 0.25) is 0 Å². The first-order valence-corrected chi connectivity index (χ1v) is 7.40. The molecule has 2 N–H and O–H groups in total. The normalized spacial score (nSPS) is 11.1. The van der Waals surface area contributed by atoms with Gasteiger partial charge in [0.25, 0.3) is 10.0 Å². The summed E-state index contributed by atoms with van der Waals surface area (Å²) < 4.78 is 39.8. The van der Waals surface area contributed by atoms with Crippen molar-refractivity contribution in [3.05, 3.63) is 59.4 Å². The summed E-state index contributed by atoms with van der Waals surface area (Å²) in [6.45, 7) is 1.46. The Balaban J connectivity index is 2.35. The minimum absolute atomic E-state index is 0.0366. The second-order valence-corrected chi connectivity index (χ2v) is 6.08. The highest BCUT2D eigenvalue weighted by molar-refractivity contribution is 7.92. The Hall–Kier alpha value is -2.41. The highest BCUT2D eigenvalue weighted by atomic mass is 32.2. The number of hydrogen-bond donors (Lipinski definition) is 2. The topological polar surface area (TPSA) is 83.5 Å². The van der Waals surface area contributed by atoms with E-state index >= 15 is 0 Å². The van der Waals surface area contributed by atoms with E-state index < -0.39 is 21.8 Å². The number of anilines is 1. The smallest absolute Gasteiger partial charge is 0.335 e. The van der Waals surface area contributed by atoms with Gasteiger partial charge in [0.2, 0.25) is 0 Å². The van der Waals surface area contributed by atoms with Crippen molar-refractivity contribution >= 4 is 21.7 Å². The summed E-state index contributed by atoms with van der Waals surface area (Å²) in [5.41, 5.74) is 0.291. The lowest BCUT2D eigenvalue weighted by Crippen LogP contribution is -2.13. The third kappa shape index (κ3) is 3.38. The van der Waals surface area contributed by atoms with Gasteiger partial charge in [-0.15, -0.1) is 0 Å². The minimum Gasteiger partial charge on any atom is -0.478 e.